The first kappa shape index (κ1) is 13.4. The lowest BCUT2D eigenvalue weighted by Crippen LogP contribution is -2.22. The van der Waals surface area contributed by atoms with Crippen molar-refractivity contribution in [3.8, 4) is 0 Å². The molecule has 0 aliphatic heterocycles. The molecule has 1 heterocycles. The number of aromatic nitrogens is 3. The van der Waals surface area contributed by atoms with Gasteiger partial charge < -0.3 is 15.0 Å². The predicted molar refractivity (Wildman–Crippen MR) is 63.4 cm³/mol. The minimum absolute atomic E-state index is 0.0330. The summed E-state index contributed by atoms with van der Waals surface area (Å²) in [5.74, 6) is -0.0348. The summed E-state index contributed by atoms with van der Waals surface area (Å²) in [6, 6.07) is 0.0330. The number of hydrogen-bond donors (Lipinski definition) is 2. The van der Waals surface area contributed by atoms with E-state index in [1.807, 2.05) is 25.5 Å². The van der Waals surface area contributed by atoms with Crippen LogP contribution in [0.5, 0.6) is 0 Å². The molecule has 0 bridgehead atoms. The zero-order valence-corrected chi connectivity index (χ0v) is 10.3. The topological polar surface area (TPSA) is 80.0 Å². The van der Waals surface area contributed by atoms with Gasteiger partial charge in [0.1, 0.15) is 12.2 Å². The third kappa shape index (κ3) is 3.67. The first-order valence-electron chi connectivity index (χ1n) is 5.55. The van der Waals surface area contributed by atoms with E-state index in [1.54, 1.807) is 12.4 Å². The average Bonchev–Trinajstić information content (AvgIpc) is 2.70. The molecule has 0 amide bonds. The van der Waals surface area contributed by atoms with Crippen molar-refractivity contribution in [1.29, 1.82) is 0 Å². The molecule has 0 aliphatic rings. The average molecular weight is 238 g/mol. The first-order chi connectivity index (χ1) is 8.06. The van der Waals surface area contributed by atoms with Crippen LogP contribution < -0.4 is 5.32 Å². The van der Waals surface area contributed by atoms with Crippen molar-refractivity contribution >= 4 is 5.97 Å². The van der Waals surface area contributed by atoms with Gasteiger partial charge >= 0.3 is 5.97 Å². The lowest BCUT2D eigenvalue weighted by atomic mass is 10.2. The zero-order valence-electron chi connectivity index (χ0n) is 10.3. The number of rotatable bonds is 6. The maximum atomic E-state index is 10.8. The molecule has 1 unspecified atom stereocenters. The molecule has 0 fully saturated rings. The van der Waals surface area contributed by atoms with Crippen LogP contribution in [0.2, 0.25) is 0 Å². The van der Waals surface area contributed by atoms with Crippen molar-refractivity contribution in [3.63, 3.8) is 0 Å². The van der Waals surface area contributed by atoms with Gasteiger partial charge in [0.15, 0.2) is 0 Å². The SMILES string of the molecule is CCC(=CCNC(C)c1nncn1C)C(=O)O. The Hall–Kier alpha value is -1.69. The van der Waals surface area contributed by atoms with E-state index in [4.69, 9.17) is 5.11 Å². The fourth-order valence-corrected chi connectivity index (χ4v) is 1.52. The van der Waals surface area contributed by atoms with E-state index in [9.17, 15) is 4.79 Å². The monoisotopic (exact) mass is 238 g/mol. The van der Waals surface area contributed by atoms with Crippen LogP contribution in [0.1, 0.15) is 32.1 Å². The summed E-state index contributed by atoms with van der Waals surface area (Å²) in [4.78, 5) is 10.8. The first-order valence-corrected chi connectivity index (χ1v) is 5.55. The van der Waals surface area contributed by atoms with E-state index in [1.165, 1.54) is 0 Å². The third-order valence-corrected chi connectivity index (χ3v) is 2.56. The van der Waals surface area contributed by atoms with Crippen molar-refractivity contribution in [1.82, 2.24) is 20.1 Å². The smallest absolute Gasteiger partial charge is 0.331 e. The minimum Gasteiger partial charge on any atom is -0.478 e. The summed E-state index contributed by atoms with van der Waals surface area (Å²) in [6.07, 6.45) is 3.85. The molecule has 0 spiro atoms. The van der Waals surface area contributed by atoms with E-state index in [2.05, 4.69) is 15.5 Å². The highest BCUT2D eigenvalue weighted by molar-refractivity contribution is 5.86. The van der Waals surface area contributed by atoms with Gasteiger partial charge in [0.2, 0.25) is 0 Å². The van der Waals surface area contributed by atoms with E-state index in [0.29, 0.717) is 18.5 Å². The molecular weight excluding hydrogens is 220 g/mol. The van der Waals surface area contributed by atoms with Gasteiger partial charge in [-0.2, -0.15) is 0 Å². The highest BCUT2D eigenvalue weighted by Crippen LogP contribution is 2.07. The van der Waals surface area contributed by atoms with Gasteiger partial charge in [-0.3, -0.25) is 0 Å². The minimum atomic E-state index is -0.861. The number of carboxylic acids is 1. The molecule has 6 heteroatoms. The van der Waals surface area contributed by atoms with Crippen molar-refractivity contribution in [2.75, 3.05) is 6.54 Å². The Morgan fingerprint density at radius 1 is 1.71 bits per heavy atom. The van der Waals surface area contributed by atoms with Crippen molar-refractivity contribution in [2.24, 2.45) is 7.05 Å². The van der Waals surface area contributed by atoms with E-state index in [0.717, 1.165) is 5.82 Å². The second kappa shape index (κ2) is 6.15. The summed E-state index contributed by atoms with van der Waals surface area (Å²) >= 11 is 0. The van der Waals surface area contributed by atoms with Crippen LogP contribution in [0.25, 0.3) is 0 Å². The largest absolute Gasteiger partial charge is 0.478 e. The van der Waals surface area contributed by atoms with Crippen LogP contribution in [-0.4, -0.2) is 32.4 Å². The number of carboxylic acid groups (broad SMARTS) is 1. The summed E-state index contributed by atoms with van der Waals surface area (Å²) < 4.78 is 1.83. The molecule has 1 aromatic rings. The Morgan fingerprint density at radius 2 is 2.41 bits per heavy atom. The molecular formula is C11H18N4O2. The highest BCUT2D eigenvalue weighted by atomic mass is 16.4. The molecule has 1 atom stereocenters. The molecule has 6 nitrogen and oxygen atoms in total. The number of aryl methyl sites for hydroxylation is 1. The molecule has 0 saturated carbocycles. The van der Waals surface area contributed by atoms with Crippen molar-refractivity contribution in [2.45, 2.75) is 26.3 Å². The summed E-state index contributed by atoms with van der Waals surface area (Å²) in [5, 5.41) is 19.8. The second-order valence-electron chi connectivity index (χ2n) is 3.82. The van der Waals surface area contributed by atoms with Gasteiger partial charge in [-0.25, -0.2) is 4.79 Å². The van der Waals surface area contributed by atoms with Gasteiger partial charge in [0.25, 0.3) is 0 Å². The van der Waals surface area contributed by atoms with Gasteiger partial charge in [-0.15, -0.1) is 10.2 Å². The molecule has 17 heavy (non-hydrogen) atoms. The van der Waals surface area contributed by atoms with E-state index < -0.39 is 5.97 Å². The van der Waals surface area contributed by atoms with Crippen molar-refractivity contribution < 1.29 is 9.90 Å². The van der Waals surface area contributed by atoms with Crippen LogP contribution in [0, 0.1) is 0 Å². The molecule has 1 aromatic heterocycles. The standard InChI is InChI=1S/C11H18N4O2/c1-4-9(11(16)17)5-6-12-8(2)10-14-13-7-15(10)3/h5,7-8,12H,4,6H2,1-3H3,(H,16,17). The van der Waals surface area contributed by atoms with Crippen LogP contribution in [0.4, 0.5) is 0 Å². The predicted octanol–water partition coefficient (Wildman–Crippen LogP) is 0.887. The van der Waals surface area contributed by atoms with E-state index in [-0.39, 0.29) is 6.04 Å². The van der Waals surface area contributed by atoms with Crippen LogP contribution in [-0.2, 0) is 11.8 Å². The zero-order chi connectivity index (χ0) is 12.8. The van der Waals surface area contributed by atoms with Crippen LogP contribution >= 0.6 is 0 Å². The van der Waals surface area contributed by atoms with Crippen LogP contribution in [0.15, 0.2) is 18.0 Å². The molecule has 0 saturated heterocycles. The molecule has 94 valence electrons. The lowest BCUT2D eigenvalue weighted by molar-refractivity contribution is -0.132. The highest BCUT2D eigenvalue weighted by Gasteiger charge is 2.10. The fourth-order valence-electron chi connectivity index (χ4n) is 1.52. The molecule has 1 rings (SSSR count). The molecule has 0 radical (unpaired) electrons. The molecule has 0 aliphatic carbocycles. The van der Waals surface area contributed by atoms with Gasteiger partial charge in [-0.1, -0.05) is 13.0 Å². The maximum Gasteiger partial charge on any atom is 0.331 e. The maximum absolute atomic E-state index is 10.8. The van der Waals surface area contributed by atoms with E-state index >= 15 is 0 Å². The number of nitrogens with one attached hydrogen (secondary N) is 1. The summed E-state index contributed by atoms with van der Waals surface area (Å²) in [5.41, 5.74) is 0.419. The lowest BCUT2D eigenvalue weighted by Gasteiger charge is -2.11. The Morgan fingerprint density at radius 3 is 2.88 bits per heavy atom. The van der Waals surface area contributed by atoms with Crippen molar-refractivity contribution in [3.05, 3.63) is 23.8 Å². The fraction of sp³-hybridized carbons (Fsp3) is 0.545. The molecule has 2 N–H and O–H groups in total. The quantitative estimate of drug-likeness (QED) is 0.719. The molecule has 0 aromatic carbocycles. The van der Waals surface area contributed by atoms with Gasteiger partial charge in [-0.05, 0) is 13.3 Å². The summed E-state index contributed by atoms with van der Waals surface area (Å²) in [6.45, 7) is 4.29. The Labute approximate surface area is 100 Å². The summed E-state index contributed by atoms with van der Waals surface area (Å²) in [7, 11) is 1.87. The normalized spacial score (nSPS) is 13.7. The third-order valence-electron chi connectivity index (χ3n) is 2.56. The Balaban J connectivity index is 2.52. The van der Waals surface area contributed by atoms with Gasteiger partial charge in [0.05, 0.1) is 6.04 Å². The number of aliphatic carboxylic acids is 1. The second-order valence-corrected chi connectivity index (χ2v) is 3.82. The Bertz CT molecular complexity index is 411. The van der Waals surface area contributed by atoms with Gasteiger partial charge in [0, 0.05) is 19.2 Å². The number of hydrogen-bond acceptors (Lipinski definition) is 4. The number of carbonyl (C=O) groups is 1. The Kier molecular flexibility index (Phi) is 4.84. The number of nitrogens with zero attached hydrogens (tertiary/aromatic N) is 3. The van der Waals surface area contributed by atoms with Crippen LogP contribution in [0.3, 0.4) is 0 Å².